The van der Waals surface area contributed by atoms with Crippen LogP contribution < -0.4 is 9.47 Å². The van der Waals surface area contributed by atoms with Gasteiger partial charge in [-0.05, 0) is 35.9 Å². The van der Waals surface area contributed by atoms with Gasteiger partial charge in [0.1, 0.15) is 18.1 Å². The summed E-state index contributed by atoms with van der Waals surface area (Å²) in [5.41, 5.74) is 2.26. The Morgan fingerprint density at radius 3 is 2.63 bits per heavy atom. The highest BCUT2D eigenvalue weighted by molar-refractivity contribution is 9.10. The van der Waals surface area contributed by atoms with Crippen LogP contribution in [-0.4, -0.2) is 7.11 Å². The van der Waals surface area contributed by atoms with Gasteiger partial charge in [0.2, 0.25) is 0 Å². The summed E-state index contributed by atoms with van der Waals surface area (Å²) in [6, 6.07) is 13.9. The molecule has 0 bridgehead atoms. The summed E-state index contributed by atoms with van der Waals surface area (Å²) in [5.74, 6) is 1.70. The highest BCUT2D eigenvalue weighted by Gasteiger charge is 2.04. The topological polar surface area (TPSA) is 18.5 Å². The van der Waals surface area contributed by atoms with Gasteiger partial charge in [0.15, 0.2) is 0 Å². The van der Waals surface area contributed by atoms with Crippen LogP contribution in [0.25, 0.3) is 0 Å². The van der Waals surface area contributed by atoms with Gasteiger partial charge in [0.05, 0.1) is 7.11 Å². The van der Waals surface area contributed by atoms with Crippen molar-refractivity contribution in [3.8, 4) is 11.5 Å². The molecule has 0 aliphatic heterocycles. The Morgan fingerprint density at radius 2 is 1.89 bits per heavy atom. The number of benzene rings is 2. The van der Waals surface area contributed by atoms with Gasteiger partial charge in [-0.15, -0.1) is 0 Å². The summed E-state index contributed by atoms with van der Waals surface area (Å²) < 4.78 is 12.0. The summed E-state index contributed by atoms with van der Waals surface area (Å²) in [7, 11) is 1.66. The molecule has 0 saturated carbocycles. The Bertz CT molecular complexity index is 556. The van der Waals surface area contributed by atoms with Gasteiger partial charge >= 0.3 is 0 Å². The molecule has 0 spiro atoms. The average Bonchev–Trinajstić information content (AvgIpc) is 2.46. The lowest BCUT2D eigenvalue weighted by atomic mass is 10.2. The molecule has 2 rings (SSSR count). The Balaban J connectivity index is 2.09. The standard InChI is InChI=1S/C15H14Br2O2/c1-18-13-5-6-15(17)12(8-13)10-19-14-4-2-3-11(7-14)9-16/h2-8H,9-10H2,1H3. The molecular weight excluding hydrogens is 372 g/mol. The third kappa shape index (κ3) is 3.98. The van der Waals surface area contributed by atoms with E-state index in [0.717, 1.165) is 26.9 Å². The summed E-state index contributed by atoms with van der Waals surface area (Å²) >= 11 is 6.96. The number of hydrogen-bond acceptors (Lipinski definition) is 2. The monoisotopic (exact) mass is 384 g/mol. The zero-order valence-electron chi connectivity index (χ0n) is 10.5. The van der Waals surface area contributed by atoms with Crippen LogP contribution in [0.15, 0.2) is 46.9 Å². The highest BCUT2D eigenvalue weighted by atomic mass is 79.9. The van der Waals surface area contributed by atoms with Crippen molar-refractivity contribution in [2.45, 2.75) is 11.9 Å². The van der Waals surface area contributed by atoms with Crippen LogP contribution in [0.3, 0.4) is 0 Å². The first-order valence-electron chi connectivity index (χ1n) is 5.83. The second kappa shape index (κ2) is 6.96. The number of alkyl halides is 1. The van der Waals surface area contributed by atoms with E-state index < -0.39 is 0 Å². The molecule has 2 aromatic rings. The maximum Gasteiger partial charge on any atom is 0.120 e. The van der Waals surface area contributed by atoms with Crippen LogP contribution in [-0.2, 0) is 11.9 Å². The van der Waals surface area contributed by atoms with Crippen LogP contribution in [0.5, 0.6) is 11.5 Å². The van der Waals surface area contributed by atoms with Gasteiger partial charge < -0.3 is 9.47 Å². The number of hydrogen-bond donors (Lipinski definition) is 0. The molecule has 0 amide bonds. The Labute approximate surface area is 130 Å². The van der Waals surface area contributed by atoms with Gasteiger partial charge in [-0.3, -0.25) is 0 Å². The van der Waals surface area contributed by atoms with Crippen molar-refractivity contribution < 1.29 is 9.47 Å². The first-order valence-corrected chi connectivity index (χ1v) is 7.74. The zero-order valence-corrected chi connectivity index (χ0v) is 13.7. The molecule has 100 valence electrons. The molecule has 0 aliphatic rings. The van der Waals surface area contributed by atoms with Crippen LogP contribution in [0.1, 0.15) is 11.1 Å². The molecule has 2 nitrogen and oxygen atoms in total. The van der Waals surface area contributed by atoms with E-state index in [2.05, 4.69) is 37.9 Å². The van der Waals surface area contributed by atoms with Crippen molar-refractivity contribution >= 4 is 31.9 Å². The van der Waals surface area contributed by atoms with E-state index >= 15 is 0 Å². The molecule has 0 heterocycles. The molecule has 0 N–H and O–H groups in total. The summed E-state index contributed by atoms with van der Waals surface area (Å²) in [4.78, 5) is 0. The summed E-state index contributed by atoms with van der Waals surface area (Å²) in [6.07, 6.45) is 0. The van der Waals surface area contributed by atoms with Crippen molar-refractivity contribution in [2.75, 3.05) is 7.11 Å². The minimum atomic E-state index is 0.503. The molecule has 2 aromatic carbocycles. The smallest absolute Gasteiger partial charge is 0.120 e. The number of rotatable bonds is 5. The minimum Gasteiger partial charge on any atom is -0.497 e. The zero-order chi connectivity index (χ0) is 13.7. The van der Waals surface area contributed by atoms with E-state index in [1.54, 1.807) is 7.11 Å². The second-order valence-corrected chi connectivity index (χ2v) is 5.44. The molecule has 0 radical (unpaired) electrons. The molecule has 0 fully saturated rings. The van der Waals surface area contributed by atoms with Gasteiger partial charge in [-0.25, -0.2) is 0 Å². The molecule has 0 saturated heterocycles. The van der Waals surface area contributed by atoms with Crippen LogP contribution in [0.2, 0.25) is 0 Å². The van der Waals surface area contributed by atoms with E-state index in [4.69, 9.17) is 9.47 Å². The van der Waals surface area contributed by atoms with Gasteiger partial charge in [-0.1, -0.05) is 44.0 Å². The van der Waals surface area contributed by atoms with E-state index in [1.807, 2.05) is 36.4 Å². The van der Waals surface area contributed by atoms with Crippen molar-refractivity contribution in [3.63, 3.8) is 0 Å². The van der Waals surface area contributed by atoms with Crippen molar-refractivity contribution in [3.05, 3.63) is 58.1 Å². The lowest BCUT2D eigenvalue weighted by Crippen LogP contribution is -1.97. The summed E-state index contributed by atoms with van der Waals surface area (Å²) in [6.45, 7) is 0.503. The fourth-order valence-corrected chi connectivity index (χ4v) is 2.38. The Morgan fingerprint density at radius 1 is 1.05 bits per heavy atom. The molecular formula is C15H14Br2O2. The van der Waals surface area contributed by atoms with E-state index in [9.17, 15) is 0 Å². The molecule has 19 heavy (non-hydrogen) atoms. The van der Waals surface area contributed by atoms with Crippen LogP contribution in [0.4, 0.5) is 0 Å². The first-order chi connectivity index (χ1) is 9.22. The van der Waals surface area contributed by atoms with Crippen molar-refractivity contribution in [2.24, 2.45) is 0 Å². The van der Waals surface area contributed by atoms with E-state index in [0.29, 0.717) is 6.61 Å². The summed E-state index contributed by atoms with van der Waals surface area (Å²) in [5, 5.41) is 0.826. The van der Waals surface area contributed by atoms with Gasteiger partial charge in [-0.2, -0.15) is 0 Å². The van der Waals surface area contributed by atoms with E-state index in [-0.39, 0.29) is 0 Å². The fraction of sp³-hybridized carbons (Fsp3) is 0.200. The third-order valence-corrected chi connectivity index (χ3v) is 4.12. The largest absolute Gasteiger partial charge is 0.497 e. The van der Waals surface area contributed by atoms with Crippen molar-refractivity contribution in [1.82, 2.24) is 0 Å². The molecule has 0 atom stereocenters. The van der Waals surface area contributed by atoms with Gasteiger partial charge in [0, 0.05) is 15.4 Å². The normalized spacial score (nSPS) is 10.3. The number of methoxy groups -OCH3 is 1. The molecule has 0 unspecified atom stereocenters. The third-order valence-electron chi connectivity index (χ3n) is 2.70. The second-order valence-electron chi connectivity index (χ2n) is 4.03. The SMILES string of the molecule is COc1ccc(Br)c(COc2cccc(CBr)c2)c1. The lowest BCUT2D eigenvalue weighted by Gasteiger charge is -2.10. The predicted molar refractivity (Wildman–Crippen MR) is 84.1 cm³/mol. The van der Waals surface area contributed by atoms with Gasteiger partial charge in [0.25, 0.3) is 0 Å². The quantitative estimate of drug-likeness (QED) is 0.679. The lowest BCUT2D eigenvalue weighted by molar-refractivity contribution is 0.304. The number of halogens is 2. The van der Waals surface area contributed by atoms with Crippen LogP contribution >= 0.6 is 31.9 Å². The number of ether oxygens (including phenoxy) is 2. The highest BCUT2D eigenvalue weighted by Crippen LogP contribution is 2.24. The maximum atomic E-state index is 5.81. The van der Waals surface area contributed by atoms with Crippen LogP contribution in [0, 0.1) is 0 Å². The maximum absolute atomic E-state index is 5.81. The average molecular weight is 386 g/mol. The molecule has 0 aromatic heterocycles. The minimum absolute atomic E-state index is 0.503. The Hall–Kier alpha value is -1.00. The molecule has 0 aliphatic carbocycles. The first kappa shape index (κ1) is 14.4. The fourth-order valence-electron chi connectivity index (χ4n) is 1.67. The predicted octanol–water partition coefficient (Wildman–Crippen LogP) is 4.93. The van der Waals surface area contributed by atoms with Crippen molar-refractivity contribution in [1.29, 1.82) is 0 Å². The Kier molecular flexibility index (Phi) is 5.28. The van der Waals surface area contributed by atoms with E-state index in [1.165, 1.54) is 5.56 Å². The molecule has 4 heteroatoms.